The molecule has 2 aliphatic heterocycles. The highest BCUT2D eigenvalue weighted by Gasteiger charge is 2.36. The van der Waals surface area contributed by atoms with Gasteiger partial charge < -0.3 is 20.4 Å². The van der Waals surface area contributed by atoms with Crippen LogP contribution in [0.2, 0.25) is 0 Å². The Kier molecular flexibility index (Phi) is 8.24. The van der Waals surface area contributed by atoms with Crippen LogP contribution in [-0.2, 0) is 11.0 Å². The summed E-state index contributed by atoms with van der Waals surface area (Å²) in [6.07, 6.45) is -3.44. The topological polar surface area (TPSA) is 99.6 Å². The smallest absolute Gasteiger partial charge is 0.349 e. The van der Waals surface area contributed by atoms with Crippen molar-refractivity contribution in [2.75, 3.05) is 31.5 Å². The molecule has 0 radical (unpaired) electrons. The van der Waals surface area contributed by atoms with E-state index in [1.54, 1.807) is 39.9 Å². The molecule has 2 N–H and O–H groups in total. The van der Waals surface area contributed by atoms with Crippen molar-refractivity contribution in [2.45, 2.75) is 31.1 Å². The number of benzene rings is 3. The SMILES string of the molecule is C=C(F)C(=O)N1CC(n2nc(-c3ccc(C(F)(F)F)cc3)c3cccc(C(=O)NC4CCN(C(=O)Nc5ccccc5)CC4)c32)C1. The van der Waals surface area contributed by atoms with Crippen LogP contribution in [0.3, 0.4) is 0 Å². The van der Waals surface area contributed by atoms with Gasteiger partial charge in [0.15, 0.2) is 5.83 Å². The zero-order valence-electron chi connectivity index (χ0n) is 24.6. The van der Waals surface area contributed by atoms with E-state index in [4.69, 9.17) is 5.10 Å². The third-order valence-corrected chi connectivity index (χ3v) is 8.33. The van der Waals surface area contributed by atoms with E-state index in [1.807, 2.05) is 18.2 Å². The van der Waals surface area contributed by atoms with Crippen LogP contribution in [0.4, 0.5) is 28.0 Å². The van der Waals surface area contributed by atoms with Crippen molar-refractivity contribution >= 4 is 34.4 Å². The summed E-state index contributed by atoms with van der Waals surface area (Å²) in [6, 6.07) is 17.9. The Morgan fingerprint density at radius 1 is 0.870 bits per heavy atom. The predicted molar refractivity (Wildman–Crippen MR) is 164 cm³/mol. The summed E-state index contributed by atoms with van der Waals surface area (Å²) >= 11 is 0. The molecule has 4 aromatic rings. The number of urea groups is 1. The molecule has 13 heteroatoms. The largest absolute Gasteiger partial charge is 0.416 e. The second kappa shape index (κ2) is 12.3. The van der Waals surface area contributed by atoms with Crippen molar-refractivity contribution in [2.24, 2.45) is 0 Å². The Hall–Kier alpha value is -5.20. The lowest BCUT2D eigenvalue weighted by Gasteiger charge is -2.39. The lowest BCUT2D eigenvalue weighted by atomic mass is 10.0. The number of nitrogens with zero attached hydrogens (tertiary/aromatic N) is 4. The number of halogens is 4. The molecule has 0 aliphatic carbocycles. The molecule has 3 aromatic carbocycles. The monoisotopic (exact) mass is 634 g/mol. The minimum absolute atomic E-state index is 0.116. The Morgan fingerprint density at radius 3 is 2.17 bits per heavy atom. The van der Waals surface area contributed by atoms with Crippen LogP contribution in [0, 0.1) is 0 Å². The third-order valence-electron chi connectivity index (χ3n) is 8.33. The van der Waals surface area contributed by atoms with Gasteiger partial charge in [-0.2, -0.15) is 18.3 Å². The fourth-order valence-corrected chi connectivity index (χ4v) is 5.83. The molecule has 2 aliphatic rings. The summed E-state index contributed by atoms with van der Waals surface area (Å²) in [7, 11) is 0. The van der Waals surface area contributed by atoms with Gasteiger partial charge in [-0.3, -0.25) is 14.3 Å². The van der Waals surface area contributed by atoms with Crippen molar-refractivity contribution in [3.05, 3.63) is 96.3 Å². The normalized spacial score (nSPS) is 15.8. The summed E-state index contributed by atoms with van der Waals surface area (Å²) in [5.74, 6) is -2.29. The number of alkyl halides is 3. The number of anilines is 1. The van der Waals surface area contributed by atoms with Gasteiger partial charge in [-0.25, -0.2) is 9.18 Å². The van der Waals surface area contributed by atoms with Crippen molar-refractivity contribution in [1.29, 1.82) is 0 Å². The number of amides is 4. The highest BCUT2D eigenvalue weighted by Crippen LogP contribution is 2.36. The Labute approximate surface area is 261 Å². The van der Waals surface area contributed by atoms with E-state index in [0.29, 0.717) is 59.3 Å². The number of aromatic nitrogens is 2. The van der Waals surface area contributed by atoms with Gasteiger partial charge in [0.25, 0.3) is 11.8 Å². The highest BCUT2D eigenvalue weighted by atomic mass is 19.4. The van der Waals surface area contributed by atoms with E-state index in [9.17, 15) is 31.9 Å². The number of piperidine rings is 1. The van der Waals surface area contributed by atoms with E-state index < -0.39 is 29.5 Å². The second-order valence-electron chi connectivity index (χ2n) is 11.4. The minimum atomic E-state index is -4.50. The van der Waals surface area contributed by atoms with Crippen molar-refractivity contribution in [3.63, 3.8) is 0 Å². The molecule has 2 saturated heterocycles. The molecule has 6 rings (SSSR count). The molecule has 238 valence electrons. The molecule has 0 bridgehead atoms. The van der Waals surface area contributed by atoms with Crippen molar-refractivity contribution < 1.29 is 31.9 Å². The molecule has 1 aromatic heterocycles. The van der Waals surface area contributed by atoms with E-state index in [1.165, 1.54) is 17.0 Å². The summed E-state index contributed by atoms with van der Waals surface area (Å²) in [5.41, 5.74) is 1.42. The Morgan fingerprint density at radius 2 is 1.54 bits per heavy atom. The maximum atomic E-state index is 13.7. The maximum absolute atomic E-state index is 13.7. The van der Waals surface area contributed by atoms with Gasteiger partial charge in [0, 0.05) is 48.9 Å². The Bertz CT molecular complexity index is 1790. The van der Waals surface area contributed by atoms with Crippen LogP contribution in [0.15, 0.2) is 85.2 Å². The van der Waals surface area contributed by atoms with E-state index in [0.717, 1.165) is 12.1 Å². The van der Waals surface area contributed by atoms with E-state index in [2.05, 4.69) is 17.2 Å². The maximum Gasteiger partial charge on any atom is 0.416 e. The number of carbonyl (C=O) groups is 3. The molecule has 0 saturated carbocycles. The average molecular weight is 635 g/mol. The zero-order chi connectivity index (χ0) is 32.6. The fourth-order valence-electron chi connectivity index (χ4n) is 5.83. The predicted octanol–water partition coefficient (Wildman–Crippen LogP) is 6.01. The van der Waals surface area contributed by atoms with Crippen LogP contribution < -0.4 is 10.6 Å². The average Bonchev–Trinajstić information content (AvgIpc) is 3.40. The van der Waals surface area contributed by atoms with Gasteiger partial charge in [0.2, 0.25) is 0 Å². The number of fused-ring (bicyclic) bond motifs is 1. The molecule has 46 heavy (non-hydrogen) atoms. The van der Waals surface area contributed by atoms with Gasteiger partial charge >= 0.3 is 12.2 Å². The van der Waals surface area contributed by atoms with Crippen LogP contribution >= 0.6 is 0 Å². The number of hydrogen-bond acceptors (Lipinski definition) is 4. The van der Waals surface area contributed by atoms with E-state index in [-0.39, 0.29) is 31.1 Å². The molecule has 9 nitrogen and oxygen atoms in total. The summed E-state index contributed by atoms with van der Waals surface area (Å²) in [5, 5.41) is 11.2. The fraction of sp³-hybridized carbons (Fsp3) is 0.273. The number of likely N-dealkylation sites (tertiary alicyclic amines) is 2. The summed E-state index contributed by atoms with van der Waals surface area (Å²) in [4.78, 5) is 41.5. The first-order valence-corrected chi connectivity index (χ1v) is 14.7. The molecular formula is C33H30F4N6O3. The molecule has 3 heterocycles. The lowest BCUT2D eigenvalue weighted by Crippen LogP contribution is -2.51. The van der Waals surface area contributed by atoms with Crippen LogP contribution in [0.1, 0.15) is 34.8 Å². The van der Waals surface area contributed by atoms with Gasteiger partial charge in [-0.05, 0) is 43.2 Å². The third kappa shape index (κ3) is 6.17. The molecule has 4 amide bonds. The molecule has 0 spiro atoms. The van der Waals surface area contributed by atoms with E-state index >= 15 is 0 Å². The number of rotatable bonds is 6. The first kappa shape index (κ1) is 30.8. The zero-order valence-corrected chi connectivity index (χ0v) is 24.6. The number of para-hydroxylation sites is 2. The second-order valence-corrected chi connectivity index (χ2v) is 11.4. The van der Waals surface area contributed by atoms with Gasteiger partial charge in [0.05, 0.1) is 22.7 Å². The minimum Gasteiger partial charge on any atom is -0.349 e. The molecule has 0 unspecified atom stereocenters. The van der Waals surface area contributed by atoms with Crippen LogP contribution in [0.25, 0.3) is 22.2 Å². The number of carbonyl (C=O) groups excluding carboxylic acids is 3. The number of hydrogen-bond donors (Lipinski definition) is 2. The molecular weight excluding hydrogens is 604 g/mol. The number of nitrogens with one attached hydrogen (secondary N) is 2. The molecule has 0 atom stereocenters. The van der Waals surface area contributed by atoms with Gasteiger partial charge in [-0.15, -0.1) is 0 Å². The Balaban J connectivity index is 1.24. The van der Waals surface area contributed by atoms with Crippen molar-refractivity contribution in [1.82, 2.24) is 24.9 Å². The first-order chi connectivity index (χ1) is 22.0. The van der Waals surface area contributed by atoms with Crippen LogP contribution in [0.5, 0.6) is 0 Å². The summed E-state index contributed by atoms with van der Waals surface area (Å²) < 4.78 is 54.8. The highest BCUT2D eigenvalue weighted by molar-refractivity contribution is 6.09. The molecule has 2 fully saturated rings. The quantitative estimate of drug-likeness (QED) is 0.200. The van der Waals surface area contributed by atoms with Gasteiger partial charge in [-0.1, -0.05) is 49.0 Å². The van der Waals surface area contributed by atoms with Crippen LogP contribution in [-0.4, -0.2) is 69.6 Å². The first-order valence-electron chi connectivity index (χ1n) is 14.7. The van der Waals surface area contributed by atoms with Crippen molar-refractivity contribution in [3.8, 4) is 11.3 Å². The van der Waals surface area contributed by atoms with Gasteiger partial charge in [0.1, 0.15) is 5.69 Å². The standard InChI is InChI=1S/C33H30F4N6O3/c1-20(34)31(45)42-18-25(19-42)43-29-26(28(40-43)21-10-12-22(13-11-21)33(35,36)37)8-5-9-27(29)30(44)38-24-14-16-41(17-15-24)32(46)39-23-6-3-2-4-7-23/h2-13,24-25H,1,14-19H2,(H,38,44)(H,39,46). The summed E-state index contributed by atoms with van der Waals surface area (Å²) in [6.45, 7) is 4.17. The lowest BCUT2D eigenvalue weighted by molar-refractivity contribution is -0.137.